The first-order chi connectivity index (χ1) is 19.4. The standard InChI is InChI=1S/C33H38BrN3O3/c1-40-29-13-9-25(10-14-29)23-31(38)35-30(27-5-3-2-4-6-27)15-19-36-20-16-33(17-21-36)18-22-37(32(33)39)24-26-7-11-28(34)12-8-26/h2-14,30H,15-24H2,1H3,(H,35,38). The van der Waals surface area contributed by atoms with Crippen molar-refractivity contribution in [1.29, 1.82) is 0 Å². The molecule has 0 aromatic heterocycles. The number of nitrogens with one attached hydrogen (secondary N) is 1. The van der Waals surface area contributed by atoms with Crippen LogP contribution in [0, 0.1) is 5.41 Å². The Bertz CT molecular complexity index is 1270. The van der Waals surface area contributed by atoms with Crippen LogP contribution in [0.15, 0.2) is 83.3 Å². The fourth-order valence-electron chi connectivity index (χ4n) is 6.02. The molecular formula is C33H38BrN3O3. The Morgan fingerprint density at radius 2 is 1.57 bits per heavy atom. The van der Waals surface area contributed by atoms with Crippen LogP contribution < -0.4 is 10.1 Å². The summed E-state index contributed by atoms with van der Waals surface area (Å²) in [6.45, 7) is 4.24. The first kappa shape index (κ1) is 28.4. The number of benzene rings is 3. The Morgan fingerprint density at radius 1 is 0.925 bits per heavy atom. The topological polar surface area (TPSA) is 61.9 Å². The molecule has 3 aromatic carbocycles. The van der Waals surface area contributed by atoms with Crippen molar-refractivity contribution in [2.75, 3.05) is 33.3 Å². The zero-order chi connectivity index (χ0) is 28.0. The maximum Gasteiger partial charge on any atom is 0.229 e. The van der Waals surface area contributed by atoms with Gasteiger partial charge in [-0.2, -0.15) is 0 Å². The molecule has 0 bridgehead atoms. The second-order valence-corrected chi connectivity index (χ2v) is 12.0. The molecule has 1 spiro atoms. The van der Waals surface area contributed by atoms with E-state index in [9.17, 15) is 9.59 Å². The lowest BCUT2D eigenvalue weighted by atomic mass is 9.77. The minimum atomic E-state index is -0.211. The van der Waals surface area contributed by atoms with Gasteiger partial charge < -0.3 is 19.9 Å². The Kier molecular flexibility index (Phi) is 9.22. The summed E-state index contributed by atoms with van der Waals surface area (Å²) in [4.78, 5) is 31.0. The molecule has 210 valence electrons. The predicted octanol–water partition coefficient (Wildman–Crippen LogP) is 5.76. The largest absolute Gasteiger partial charge is 0.497 e. The monoisotopic (exact) mass is 603 g/mol. The van der Waals surface area contributed by atoms with E-state index in [2.05, 4.69) is 50.4 Å². The molecule has 2 fully saturated rings. The average Bonchev–Trinajstić information content (AvgIpc) is 3.28. The van der Waals surface area contributed by atoms with E-state index in [4.69, 9.17) is 4.74 Å². The number of hydrogen-bond donors (Lipinski definition) is 1. The maximum absolute atomic E-state index is 13.5. The van der Waals surface area contributed by atoms with Crippen LogP contribution in [-0.2, 0) is 22.6 Å². The van der Waals surface area contributed by atoms with Gasteiger partial charge in [-0.1, -0.05) is 70.5 Å². The molecule has 2 heterocycles. The lowest BCUT2D eigenvalue weighted by Gasteiger charge is -2.38. The van der Waals surface area contributed by atoms with E-state index >= 15 is 0 Å². The fraction of sp³-hybridized carbons (Fsp3) is 0.394. The number of ether oxygens (including phenoxy) is 1. The van der Waals surface area contributed by atoms with Crippen molar-refractivity contribution >= 4 is 27.7 Å². The minimum Gasteiger partial charge on any atom is -0.497 e. The molecule has 2 aliphatic rings. The van der Waals surface area contributed by atoms with E-state index in [1.807, 2.05) is 59.5 Å². The molecule has 1 N–H and O–H groups in total. The van der Waals surface area contributed by atoms with E-state index in [1.165, 1.54) is 5.56 Å². The number of likely N-dealkylation sites (tertiary alicyclic amines) is 2. The number of nitrogens with zero attached hydrogens (tertiary/aromatic N) is 2. The van der Waals surface area contributed by atoms with Crippen LogP contribution in [0.1, 0.15) is 48.4 Å². The SMILES string of the molecule is COc1ccc(CC(=O)NC(CCN2CCC3(CC2)CCN(Cc2ccc(Br)cc2)C3=O)c2ccccc2)cc1. The summed E-state index contributed by atoms with van der Waals surface area (Å²) in [6, 6.07) is 26.0. The number of rotatable bonds is 10. The average molecular weight is 605 g/mol. The highest BCUT2D eigenvalue weighted by Crippen LogP contribution is 2.42. The molecule has 2 aliphatic heterocycles. The Labute approximate surface area is 245 Å². The summed E-state index contributed by atoms with van der Waals surface area (Å²) < 4.78 is 6.28. The van der Waals surface area contributed by atoms with Crippen LogP contribution in [0.5, 0.6) is 5.75 Å². The van der Waals surface area contributed by atoms with Crippen LogP contribution in [0.3, 0.4) is 0 Å². The van der Waals surface area contributed by atoms with Crippen LogP contribution in [0.25, 0.3) is 0 Å². The van der Waals surface area contributed by atoms with Gasteiger partial charge in [0, 0.05) is 24.1 Å². The summed E-state index contributed by atoms with van der Waals surface area (Å²) in [5.74, 6) is 1.12. The third-order valence-electron chi connectivity index (χ3n) is 8.50. The summed E-state index contributed by atoms with van der Waals surface area (Å²) in [5, 5.41) is 3.28. The molecule has 5 rings (SSSR count). The zero-order valence-electron chi connectivity index (χ0n) is 23.2. The molecular weight excluding hydrogens is 566 g/mol. The fourth-order valence-corrected chi connectivity index (χ4v) is 6.28. The molecule has 3 aromatic rings. The molecule has 7 heteroatoms. The summed E-state index contributed by atoms with van der Waals surface area (Å²) in [5.41, 5.74) is 3.04. The quantitative estimate of drug-likeness (QED) is 0.320. The molecule has 40 heavy (non-hydrogen) atoms. The van der Waals surface area contributed by atoms with E-state index in [-0.39, 0.29) is 17.4 Å². The number of hydrogen-bond acceptors (Lipinski definition) is 4. The van der Waals surface area contributed by atoms with Gasteiger partial charge in [0.25, 0.3) is 0 Å². The van der Waals surface area contributed by atoms with Crippen LogP contribution in [-0.4, -0.2) is 54.9 Å². The van der Waals surface area contributed by atoms with Crippen molar-refractivity contribution in [3.63, 3.8) is 0 Å². The smallest absolute Gasteiger partial charge is 0.229 e. The molecule has 1 atom stereocenters. The van der Waals surface area contributed by atoms with Gasteiger partial charge in [0.2, 0.25) is 11.8 Å². The molecule has 6 nitrogen and oxygen atoms in total. The molecule has 1 unspecified atom stereocenters. The highest BCUT2D eigenvalue weighted by atomic mass is 79.9. The highest BCUT2D eigenvalue weighted by Gasteiger charge is 2.47. The van der Waals surface area contributed by atoms with Gasteiger partial charge in [-0.3, -0.25) is 9.59 Å². The molecule has 2 saturated heterocycles. The van der Waals surface area contributed by atoms with Crippen molar-refractivity contribution in [1.82, 2.24) is 15.1 Å². The molecule has 0 saturated carbocycles. The van der Waals surface area contributed by atoms with Crippen LogP contribution >= 0.6 is 15.9 Å². The summed E-state index contributed by atoms with van der Waals surface area (Å²) >= 11 is 3.49. The van der Waals surface area contributed by atoms with E-state index in [0.29, 0.717) is 18.9 Å². The number of amides is 2. The Hall–Kier alpha value is -3.16. The van der Waals surface area contributed by atoms with Gasteiger partial charge >= 0.3 is 0 Å². The number of carbonyl (C=O) groups excluding carboxylic acids is 2. The van der Waals surface area contributed by atoms with Gasteiger partial charge in [0.15, 0.2) is 0 Å². The van der Waals surface area contributed by atoms with Gasteiger partial charge in [-0.25, -0.2) is 0 Å². The number of halogens is 1. The summed E-state index contributed by atoms with van der Waals surface area (Å²) in [6.07, 6.45) is 3.92. The lowest BCUT2D eigenvalue weighted by Crippen LogP contribution is -2.45. The first-order valence-electron chi connectivity index (χ1n) is 14.2. The predicted molar refractivity (Wildman–Crippen MR) is 161 cm³/mol. The molecule has 2 amide bonds. The second-order valence-electron chi connectivity index (χ2n) is 11.1. The highest BCUT2D eigenvalue weighted by molar-refractivity contribution is 9.10. The second kappa shape index (κ2) is 13.0. The van der Waals surface area contributed by atoms with Crippen molar-refractivity contribution in [2.45, 2.75) is 44.7 Å². The maximum atomic E-state index is 13.5. The first-order valence-corrected chi connectivity index (χ1v) is 15.0. The lowest BCUT2D eigenvalue weighted by molar-refractivity contribution is -0.139. The van der Waals surface area contributed by atoms with E-state index < -0.39 is 0 Å². The normalized spacial score (nSPS) is 17.6. The van der Waals surface area contributed by atoms with Crippen molar-refractivity contribution < 1.29 is 14.3 Å². The van der Waals surface area contributed by atoms with Crippen molar-refractivity contribution in [3.05, 3.63) is 100 Å². The van der Waals surface area contributed by atoms with Gasteiger partial charge in [-0.15, -0.1) is 0 Å². The molecule has 0 aliphatic carbocycles. The number of carbonyl (C=O) groups is 2. The Morgan fingerprint density at radius 3 is 2.25 bits per heavy atom. The van der Waals surface area contributed by atoms with Gasteiger partial charge in [-0.05, 0) is 79.7 Å². The zero-order valence-corrected chi connectivity index (χ0v) is 24.7. The third kappa shape index (κ3) is 6.94. The van der Waals surface area contributed by atoms with E-state index in [1.54, 1.807) is 7.11 Å². The summed E-state index contributed by atoms with van der Waals surface area (Å²) in [7, 11) is 1.64. The van der Waals surface area contributed by atoms with Crippen molar-refractivity contribution in [3.8, 4) is 5.75 Å². The van der Waals surface area contributed by atoms with Crippen LogP contribution in [0.4, 0.5) is 0 Å². The van der Waals surface area contributed by atoms with Gasteiger partial charge in [0.1, 0.15) is 5.75 Å². The van der Waals surface area contributed by atoms with Crippen molar-refractivity contribution in [2.24, 2.45) is 5.41 Å². The van der Waals surface area contributed by atoms with E-state index in [0.717, 1.165) is 73.2 Å². The Balaban J connectivity index is 1.14. The van der Waals surface area contributed by atoms with Crippen LogP contribution in [0.2, 0.25) is 0 Å². The van der Waals surface area contributed by atoms with Gasteiger partial charge in [0.05, 0.1) is 25.0 Å². The molecule has 0 radical (unpaired) electrons. The number of piperidine rings is 1. The number of methoxy groups -OCH3 is 1. The minimum absolute atomic E-state index is 0.0130. The third-order valence-corrected chi connectivity index (χ3v) is 9.02.